The predicted molar refractivity (Wildman–Crippen MR) is 68.0 cm³/mol. The number of nitrogens with one attached hydrogen (secondary N) is 1. The highest BCUT2D eigenvalue weighted by Crippen LogP contribution is 2.19. The molecule has 0 radical (unpaired) electrons. The standard InChI is InChI=1S/C11H13BrClNO2/c1-7(16-2)6-14-11(15)8-3-9(12)5-10(13)4-8/h3-5,7H,6H2,1-2H3,(H,14,15). The lowest BCUT2D eigenvalue weighted by Crippen LogP contribution is -2.31. The summed E-state index contributed by atoms with van der Waals surface area (Å²) in [5, 5.41) is 3.29. The van der Waals surface area contributed by atoms with E-state index < -0.39 is 0 Å². The zero-order valence-corrected chi connectivity index (χ0v) is 11.4. The summed E-state index contributed by atoms with van der Waals surface area (Å²) in [6, 6.07) is 5.08. The molecular weight excluding hydrogens is 293 g/mol. The van der Waals surface area contributed by atoms with Crippen molar-refractivity contribution in [2.75, 3.05) is 13.7 Å². The molecule has 88 valence electrons. The first-order valence-electron chi connectivity index (χ1n) is 4.80. The molecule has 16 heavy (non-hydrogen) atoms. The van der Waals surface area contributed by atoms with Crippen LogP contribution in [0.3, 0.4) is 0 Å². The van der Waals surface area contributed by atoms with Crippen LogP contribution in [-0.4, -0.2) is 25.7 Å². The lowest BCUT2D eigenvalue weighted by Gasteiger charge is -2.11. The van der Waals surface area contributed by atoms with Gasteiger partial charge in [0.2, 0.25) is 0 Å². The molecule has 0 aromatic heterocycles. The molecule has 0 fully saturated rings. The van der Waals surface area contributed by atoms with Crippen molar-refractivity contribution < 1.29 is 9.53 Å². The van der Waals surface area contributed by atoms with Gasteiger partial charge >= 0.3 is 0 Å². The third-order valence-corrected chi connectivity index (χ3v) is 2.75. The van der Waals surface area contributed by atoms with Gasteiger partial charge in [0.15, 0.2) is 0 Å². The number of benzene rings is 1. The molecule has 0 saturated heterocycles. The van der Waals surface area contributed by atoms with Gasteiger partial charge in [-0.05, 0) is 25.1 Å². The van der Waals surface area contributed by atoms with Gasteiger partial charge in [-0.1, -0.05) is 27.5 Å². The van der Waals surface area contributed by atoms with Crippen molar-refractivity contribution in [1.29, 1.82) is 0 Å². The smallest absolute Gasteiger partial charge is 0.251 e. The molecule has 0 bridgehead atoms. The van der Waals surface area contributed by atoms with Crippen LogP contribution < -0.4 is 5.32 Å². The molecule has 1 N–H and O–H groups in total. The number of ether oxygens (including phenoxy) is 1. The molecule has 1 atom stereocenters. The van der Waals surface area contributed by atoms with E-state index in [1.165, 1.54) is 0 Å². The molecule has 0 saturated carbocycles. The maximum Gasteiger partial charge on any atom is 0.251 e. The van der Waals surface area contributed by atoms with Crippen molar-refractivity contribution in [2.24, 2.45) is 0 Å². The number of halogens is 2. The highest BCUT2D eigenvalue weighted by molar-refractivity contribution is 9.10. The number of carbonyl (C=O) groups excluding carboxylic acids is 1. The van der Waals surface area contributed by atoms with Gasteiger partial charge in [0.1, 0.15) is 0 Å². The zero-order chi connectivity index (χ0) is 12.1. The first-order valence-corrected chi connectivity index (χ1v) is 5.97. The van der Waals surface area contributed by atoms with E-state index in [0.29, 0.717) is 17.1 Å². The quantitative estimate of drug-likeness (QED) is 0.929. The fourth-order valence-corrected chi connectivity index (χ4v) is 1.97. The van der Waals surface area contributed by atoms with Gasteiger partial charge in [0.25, 0.3) is 5.91 Å². The average molecular weight is 307 g/mol. The van der Waals surface area contributed by atoms with Crippen molar-refractivity contribution >= 4 is 33.4 Å². The lowest BCUT2D eigenvalue weighted by atomic mass is 10.2. The average Bonchev–Trinajstić information content (AvgIpc) is 2.23. The Labute approximate surface area is 108 Å². The molecule has 1 amide bonds. The zero-order valence-electron chi connectivity index (χ0n) is 9.09. The van der Waals surface area contributed by atoms with Gasteiger partial charge in [-0.15, -0.1) is 0 Å². The van der Waals surface area contributed by atoms with E-state index in [2.05, 4.69) is 21.2 Å². The summed E-state index contributed by atoms with van der Waals surface area (Å²) in [5.74, 6) is -0.160. The van der Waals surface area contributed by atoms with Crippen molar-refractivity contribution in [3.05, 3.63) is 33.3 Å². The van der Waals surface area contributed by atoms with Gasteiger partial charge < -0.3 is 10.1 Å². The maximum atomic E-state index is 11.7. The van der Waals surface area contributed by atoms with Gasteiger partial charge in [-0.2, -0.15) is 0 Å². The van der Waals surface area contributed by atoms with E-state index >= 15 is 0 Å². The van der Waals surface area contributed by atoms with E-state index in [9.17, 15) is 4.79 Å². The molecule has 1 rings (SSSR count). The van der Waals surface area contributed by atoms with Crippen molar-refractivity contribution in [3.63, 3.8) is 0 Å². The third kappa shape index (κ3) is 4.12. The Hall–Kier alpha value is -0.580. The lowest BCUT2D eigenvalue weighted by molar-refractivity contribution is 0.0870. The van der Waals surface area contributed by atoms with Crippen LogP contribution in [0, 0.1) is 0 Å². The summed E-state index contributed by atoms with van der Waals surface area (Å²) < 4.78 is 5.82. The van der Waals surface area contributed by atoms with Gasteiger partial charge in [0.05, 0.1) is 6.10 Å². The number of hydrogen-bond donors (Lipinski definition) is 1. The highest BCUT2D eigenvalue weighted by atomic mass is 79.9. The minimum atomic E-state index is -0.160. The summed E-state index contributed by atoms with van der Waals surface area (Å²) in [6.45, 7) is 2.35. The van der Waals surface area contributed by atoms with Gasteiger partial charge in [0, 0.05) is 28.7 Å². The number of carbonyl (C=O) groups is 1. The van der Waals surface area contributed by atoms with Crippen LogP contribution in [0.25, 0.3) is 0 Å². The van der Waals surface area contributed by atoms with Crippen LogP contribution in [0.15, 0.2) is 22.7 Å². The fraction of sp³-hybridized carbons (Fsp3) is 0.364. The molecule has 1 aromatic rings. The Morgan fingerprint density at radius 1 is 1.56 bits per heavy atom. The predicted octanol–water partition coefficient (Wildman–Crippen LogP) is 2.87. The van der Waals surface area contributed by atoms with E-state index in [1.54, 1.807) is 25.3 Å². The van der Waals surface area contributed by atoms with Crippen LogP contribution in [0.1, 0.15) is 17.3 Å². The largest absolute Gasteiger partial charge is 0.380 e. The minimum Gasteiger partial charge on any atom is -0.380 e. The van der Waals surface area contributed by atoms with Gasteiger partial charge in [-0.3, -0.25) is 4.79 Å². The molecule has 0 aliphatic rings. The Morgan fingerprint density at radius 2 is 2.25 bits per heavy atom. The van der Waals surface area contributed by atoms with Crippen LogP contribution >= 0.6 is 27.5 Å². The Kier molecular flexibility index (Phi) is 5.25. The van der Waals surface area contributed by atoms with Crippen LogP contribution in [0.2, 0.25) is 5.02 Å². The van der Waals surface area contributed by atoms with E-state index in [4.69, 9.17) is 16.3 Å². The highest BCUT2D eigenvalue weighted by Gasteiger charge is 2.08. The number of hydrogen-bond acceptors (Lipinski definition) is 2. The SMILES string of the molecule is COC(C)CNC(=O)c1cc(Cl)cc(Br)c1. The molecule has 0 aliphatic carbocycles. The number of amides is 1. The second-order valence-electron chi connectivity index (χ2n) is 3.41. The number of methoxy groups -OCH3 is 1. The summed E-state index contributed by atoms with van der Waals surface area (Å²) in [5.41, 5.74) is 0.530. The normalized spacial score (nSPS) is 12.2. The first kappa shape index (κ1) is 13.5. The summed E-state index contributed by atoms with van der Waals surface area (Å²) in [4.78, 5) is 11.7. The molecule has 5 heteroatoms. The second kappa shape index (κ2) is 6.23. The molecule has 3 nitrogen and oxygen atoms in total. The third-order valence-electron chi connectivity index (χ3n) is 2.08. The van der Waals surface area contributed by atoms with Crippen LogP contribution in [0.4, 0.5) is 0 Å². The monoisotopic (exact) mass is 305 g/mol. The molecular formula is C11H13BrClNO2. The Bertz CT molecular complexity index is 364. The molecule has 0 spiro atoms. The molecule has 0 aliphatic heterocycles. The van der Waals surface area contributed by atoms with Crippen LogP contribution in [0.5, 0.6) is 0 Å². The fourth-order valence-electron chi connectivity index (χ4n) is 1.11. The molecule has 1 aromatic carbocycles. The first-order chi connectivity index (χ1) is 7.52. The number of rotatable bonds is 4. The Morgan fingerprint density at radius 3 is 2.81 bits per heavy atom. The van der Waals surface area contributed by atoms with Gasteiger partial charge in [-0.25, -0.2) is 0 Å². The van der Waals surface area contributed by atoms with E-state index in [-0.39, 0.29) is 12.0 Å². The topological polar surface area (TPSA) is 38.3 Å². The van der Waals surface area contributed by atoms with E-state index in [1.807, 2.05) is 6.92 Å². The van der Waals surface area contributed by atoms with E-state index in [0.717, 1.165) is 4.47 Å². The van der Waals surface area contributed by atoms with Crippen molar-refractivity contribution in [3.8, 4) is 0 Å². The summed E-state index contributed by atoms with van der Waals surface area (Å²) >= 11 is 9.14. The second-order valence-corrected chi connectivity index (χ2v) is 4.77. The summed E-state index contributed by atoms with van der Waals surface area (Å²) in [6.07, 6.45) is -0.00780. The minimum absolute atomic E-state index is 0.00780. The van der Waals surface area contributed by atoms with Crippen molar-refractivity contribution in [2.45, 2.75) is 13.0 Å². The molecule has 1 unspecified atom stereocenters. The Balaban J connectivity index is 2.66. The van der Waals surface area contributed by atoms with Crippen molar-refractivity contribution in [1.82, 2.24) is 5.32 Å². The molecule has 0 heterocycles. The summed E-state index contributed by atoms with van der Waals surface area (Å²) in [7, 11) is 1.60. The van der Waals surface area contributed by atoms with Crippen LogP contribution in [-0.2, 0) is 4.74 Å². The maximum absolute atomic E-state index is 11.7.